The molecule has 0 unspecified atom stereocenters. The van der Waals surface area contributed by atoms with Crippen molar-refractivity contribution in [2.75, 3.05) is 31.2 Å². The van der Waals surface area contributed by atoms with Crippen LogP contribution in [0, 0.1) is 0 Å². The molecule has 2 rings (SSSR count). The zero-order valence-electron chi connectivity index (χ0n) is 15.1. The van der Waals surface area contributed by atoms with Gasteiger partial charge in [-0.05, 0) is 50.3 Å². The minimum atomic E-state index is -0.170. The van der Waals surface area contributed by atoms with Crippen LogP contribution in [0.25, 0.3) is 0 Å². The quantitative estimate of drug-likeness (QED) is 0.675. The zero-order valence-corrected chi connectivity index (χ0v) is 15.1. The first-order valence-corrected chi connectivity index (χ1v) is 9.19. The van der Waals surface area contributed by atoms with Crippen LogP contribution in [-0.4, -0.2) is 38.2 Å². The molecule has 1 aromatic rings. The van der Waals surface area contributed by atoms with E-state index in [2.05, 4.69) is 10.6 Å². The molecule has 1 aromatic carbocycles. The lowest BCUT2D eigenvalue weighted by Crippen LogP contribution is -2.36. The summed E-state index contributed by atoms with van der Waals surface area (Å²) in [4.78, 5) is 25.7. The summed E-state index contributed by atoms with van der Waals surface area (Å²) in [5, 5.41) is 5.70. The number of urea groups is 1. The molecule has 1 fully saturated rings. The van der Waals surface area contributed by atoms with Gasteiger partial charge in [-0.2, -0.15) is 0 Å². The van der Waals surface area contributed by atoms with Crippen molar-refractivity contribution in [3.63, 3.8) is 0 Å². The Labute approximate surface area is 149 Å². The van der Waals surface area contributed by atoms with Gasteiger partial charge < -0.3 is 20.3 Å². The van der Waals surface area contributed by atoms with E-state index in [4.69, 9.17) is 4.74 Å². The maximum atomic E-state index is 12.0. The first-order valence-electron chi connectivity index (χ1n) is 9.19. The van der Waals surface area contributed by atoms with Gasteiger partial charge in [-0.15, -0.1) is 0 Å². The van der Waals surface area contributed by atoms with Crippen LogP contribution >= 0.6 is 0 Å². The van der Waals surface area contributed by atoms with Crippen molar-refractivity contribution in [1.82, 2.24) is 10.6 Å². The van der Waals surface area contributed by atoms with Crippen molar-refractivity contribution in [1.29, 1.82) is 0 Å². The Hall–Kier alpha value is -2.08. The highest BCUT2D eigenvalue weighted by Gasteiger charge is 2.19. The number of hydrogen-bond donors (Lipinski definition) is 2. The molecule has 6 heteroatoms. The molecule has 138 valence electrons. The van der Waals surface area contributed by atoms with Crippen LogP contribution in [0.2, 0.25) is 0 Å². The van der Waals surface area contributed by atoms with Crippen molar-refractivity contribution in [2.24, 2.45) is 0 Å². The smallest absolute Gasteiger partial charge is 0.315 e. The Bertz CT molecular complexity index is 563. The lowest BCUT2D eigenvalue weighted by atomic mass is 10.1. The van der Waals surface area contributed by atoms with Gasteiger partial charge in [0.15, 0.2) is 0 Å². The summed E-state index contributed by atoms with van der Waals surface area (Å²) in [6.07, 6.45) is 4.48. The molecule has 1 aliphatic rings. The van der Waals surface area contributed by atoms with Gasteiger partial charge in [0.05, 0.1) is 0 Å². The molecule has 6 nitrogen and oxygen atoms in total. The van der Waals surface area contributed by atoms with E-state index in [-0.39, 0.29) is 11.9 Å². The second-order valence-corrected chi connectivity index (χ2v) is 6.19. The number of anilines is 1. The van der Waals surface area contributed by atoms with Crippen LogP contribution in [0.3, 0.4) is 0 Å². The fourth-order valence-electron chi connectivity index (χ4n) is 2.83. The number of nitrogens with one attached hydrogen (secondary N) is 2. The Morgan fingerprint density at radius 2 is 2.12 bits per heavy atom. The van der Waals surface area contributed by atoms with E-state index in [0.717, 1.165) is 56.7 Å². The van der Waals surface area contributed by atoms with Crippen molar-refractivity contribution in [2.45, 2.75) is 45.6 Å². The highest BCUT2D eigenvalue weighted by molar-refractivity contribution is 5.94. The number of benzene rings is 1. The van der Waals surface area contributed by atoms with Gasteiger partial charge in [0.2, 0.25) is 5.91 Å². The van der Waals surface area contributed by atoms with Gasteiger partial charge in [0.25, 0.3) is 0 Å². The molecule has 3 amide bonds. The average molecular weight is 347 g/mol. The molecule has 0 saturated carbocycles. The summed E-state index contributed by atoms with van der Waals surface area (Å²) >= 11 is 0. The van der Waals surface area contributed by atoms with E-state index >= 15 is 0 Å². The van der Waals surface area contributed by atoms with Crippen LogP contribution in [0.4, 0.5) is 10.5 Å². The molecule has 1 aliphatic heterocycles. The standard InChI is InChI=1S/C19H29N3O3/c1-2-25-13-6-4-11-20-19(24)21-15-16-8-7-9-17(14-16)22-12-5-3-10-18(22)23/h7-9,14H,2-6,10-13,15H2,1H3,(H2,20,21,24). The number of unbranched alkanes of at least 4 members (excludes halogenated alkanes) is 1. The number of amides is 3. The first-order chi connectivity index (χ1) is 12.2. The number of carbonyl (C=O) groups is 2. The number of ether oxygens (including phenoxy) is 1. The van der Waals surface area contributed by atoms with Gasteiger partial charge in [0, 0.05) is 45.0 Å². The second kappa shape index (κ2) is 10.7. The number of carbonyl (C=O) groups excluding carboxylic acids is 2. The summed E-state index contributed by atoms with van der Waals surface area (Å²) in [5.41, 5.74) is 1.91. The summed E-state index contributed by atoms with van der Waals surface area (Å²) in [6, 6.07) is 7.65. The molecule has 0 aromatic heterocycles. The number of piperidine rings is 1. The summed E-state index contributed by atoms with van der Waals surface area (Å²) < 4.78 is 5.26. The molecule has 1 heterocycles. The number of rotatable bonds is 9. The minimum absolute atomic E-state index is 0.170. The lowest BCUT2D eigenvalue weighted by Gasteiger charge is -2.27. The Morgan fingerprint density at radius 3 is 2.92 bits per heavy atom. The summed E-state index contributed by atoms with van der Waals surface area (Å²) in [7, 11) is 0. The first kappa shape index (κ1) is 19.2. The molecule has 0 bridgehead atoms. The molecule has 25 heavy (non-hydrogen) atoms. The van der Waals surface area contributed by atoms with Crippen LogP contribution < -0.4 is 15.5 Å². The fourth-order valence-corrected chi connectivity index (χ4v) is 2.83. The Morgan fingerprint density at radius 1 is 1.24 bits per heavy atom. The van der Waals surface area contributed by atoms with Gasteiger partial charge in [-0.3, -0.25) is 4.79 Å². The number of hydrogen-bond acceptors (Lipinski definition) is 3. The van der Waals surface area contributed by atoms with E-state index in [1.165, 1.54) is 0 Å². The third-order valence-electron chi connectivity index (χ3n) is 4.20. The van der Waals surface area contributed by atoms with E-state index in [1.54, 1.807) is 0 Å². The molecular formula is C19H29N3O3. The monoisotopic (exact) mass is 347 g/mol. The normalized spacial score (nSPS) is 14.4. The van der Waals surface area contributed by atoms with Crippen LogP contribution in [0.15, 0.2) is 24.3 Å². The van der Waals surface area contributed by atoms with Gasteiger partial charge in [-0.1, -0.05) is 12.1 Å². The van der Waals surface area contributed by atoms with Crippen LogP contribution in [0.5, 0.6) is 0 Å². The molecular weight excluding hydrogens is 318 g/mol. The summed E-state index contributed by atoms with van der Waals surface area (Å²) in [5.74, 6) is 0.182. The SMILES string of the molecule is CCOCCCCNC(=O)NCc1cccc(N2CCCCC2=O)c1. The zero-order chi connectivity index (χ0) is 17.9. The predicted octanol–water partition coefficient (Wildman–Crippen LogP) is 2.82. The maximum Gasteiger partial charge on any atom is 0.315 e. The van der Waals surface area contributed by atoms with Crippen molar-refractivity contribution in [3.05, 3.63) is 29.8 Å². The van der Waals surface area contributed by atoms with E-state index < -0.39 is 0 Å². The fraction of sp³-hybridized carbons (Fsp3) is 0.579. The summed E-state index contributed by atoms with van der Waals surface area (Å²) in [6.45, 7) is 5.31. The van der Waals surface area contributed by atoms with Crippen molar-refractivity contribution in [3.8, 4) is 0 Å². The molecule has 2 N–H and O–H groups in total. The molecule has 1 saturated heterocycles. The molecule has 0 atom stereocenters. The predicted molar refractivity (Wildman–Crippen MR) is 98.6 cm³/mol. The topological polar surface area (TPSA) is 70.7 Å². The van der Waals surface area contributed by atoms with Crippen LogP contribution in [0.1, 0.15) is 44.6 Å². The maximum absolute atomic E-state index is 12.0. The average Bonchev–Trinajstić information content (AvgIpc) is 2.63. The molecule has 0 spiro atoms. The van der Waals surface area contributed by atoms with Gasteiger partial charge in [0.1, 0.15) is 0 Å². The van der Waals surface area contributed by atoms with Gasteiger partial charge >= 0.3 is 6.03 Å². The largest absolute Gasteiger partial charge is 0.382 e. The third kappa shape index (κ3) is 6.74. The minimum Gasteiger partial charge on any atom is -0.382 e. The van der Waals surface area contributed by atoms with E-state index in [9.17, 15) is 9.59 Å². The Balaban J connectivity index is 1.72. The van der Waals surface area contributed by atoms with Crippen molar-refractivity contribution >= 4 is 17.6 Å². The van der Waals surface area contributed by atoms with E-state index in [1.807, 2.05) is 36.1 Å². The van der Waals surface area contributed by atoms with Gasteiger partial charge in [-0.25, -0.2) is 4.79 Å². The molecule has 0 aliphatic carbocycles. The number of nitrogens with zero attached hydrogens (tertiary/aromatic N) is 1. The van der Waals surface area contributed by atoms with E-state index in [0.29, 0.717) is 19.5 Å². The third-order valence-corrected chi connectivity index (χ3v) is 4.20. The second-order valence-electron chi connectivity index (χ2n) is 6.19. The Kier molecular flexibility index (Phi) is 8.25. The molecule has 0 radical (unpaired) electrons. The van der Waals surface area contributed by atoms with Crippen LogP contribution in [-0.2, 0) is 16.1 Å². The highest BCUT2D eigenvalue weighted by atomic mass is 16.5. The lowest BCUT2D eigenvalue weighted by molar-refractivity contribution is -0.119. The highest BCUT2D eigenvalue weighted by Crippen LogP contribution is 2.21. The van der Waals surface area contributed by atoms with Crippen molar-refractivity contribution < 1.29 is 14.3 Å².